The smallest absolute Gasteiger partial charge is 0.335 e. The second-order valence-electron chi connectivity index (χ2n) is 4.19. The van der Waals surface area contributed by atoms with E-state index in [1.807, 2.05) is 0 Å². The number of aliphatic carboxylic acids is 1. The number of piperidine rings is 1. The third-order valence-corrected chi connectivity index (χ3v) is 3.00. The molecule has 1 N–H and O–H groups in total. The van der Waals surface area contributed by atoms with Crippen molar-refractivity contribution in [3.63, 3.8) is 0 Å². The zero-order valence-corrected chi connectivity index (χ0v) is 9.67. The molecule has 0 saturated carbocycles. The molecule has 0 radical (unpaired) electrons. The minimum Gasteiger partial charge on any atom is -0.480 e. The molecule has 6 nitrogen and oxygen atoms in total. The second-order valence-corrected chi connectivity index (χ2v) is 4.19. The molecule has 6 heteroatoms. The van der Waals surface area contributed by atoms with Gasteiger partial charge in [-0.25, -0.2) is 9.59 Å². The first-order chi connectivity index (χ1) is 8.59. The second kappa shape index (κ2) is 5.03. The van der Waals surface area contributed by atoms with Crippen LogP contribution in [0.5, 0.6) is 0 Å². The standard InChI is InChI=1S/C12H13NO5/c14-10-5-4-8(7-18-10)11(15)13-6-2-1-3-9(13)12(16)17/h4-5,7,9H,1-3,6H2,(H,16,17)/t9-/m0/s1. The number of amides is 1. The van der Waals surface area contributed by atoms with Gasteiger partial charge in [0, 0.05) is 12.6 Å². The van der Waals surface area contributed by atoms with Crippen molar-refractivity contribution < 1.29 is 19.1 Å². The van der Waals surface area contributed by atoms with E-state index in [1.165, 1.54) is 11.0 Å². The van der Waals surface area contributed by atoms with Crippen molar-refractivity contribution in [1.29, 1.82) is 0 Å². The monoisotopic (exact) mass is 251 g/mol. The molecule has 0 spiro atoms. The Morgan fingerprint density at radius 2 is 2.11 bits per heavy atom. The number of carboxylic acids is 1. The van der Waals surface area contributed by atoms with Crippen molar-refractivity contribution in [2.45, 2.75) is 25.3 Å². The number of nitrogens with zero attached hydrogens (tertiary/aromatic N) is 1. The minimum absolute atomic E-state index is 0.197. The molecule has 0 unspecified atom stereocenters. The van der Waals surface area contributed by atoms with E-state index in [2.05, 4.69) is 4.42 Å². The van der Waals surface area contributed by atoms with E-state index in [9.17, 15) is 14.4 Å². The number of rotatable bonds is 2. The Kier molecular flexibility index (Phi) is 3.45. The molecule has 1 saturated heterocycles. The van der Waals surface area contributed by atoms with Gasteiger partial charge in [-0.3, -0.25) is 4.79 Å². The van der Waals surface area contributed by atoms with E-state index in [-0.39, 0.29) is 5.56 Å². The van der Waals surface area contributed by atoms with Crippen LogP contribution in [0.25, 0.3) is 0 Å². The first-order valence-corrected chi connectivity index (χ1v) is 5.72. The summed E-state index contributed by atoms with van der Waals surface area (Å²) in [5, 5.41) is 9.08. The lowest BCUT2D eigenvalue weighted by atomic mass is 10.0. The molecule has 1 aliphatic heterocycles. The van der Waals surface area contributed by atoms with Crippen LogP contribution in [0.3, 0.4) is 0 Å². The maximum absolute atomic E-state index is 12.1. The van der Waals surface area contributed by atoms with Gasteiger partial charge in [0.2, 0.25) is 0 Å². The molecule has 1 fully saturated rings. The van der Waals surface area contributed by atoms with E-state index in [0.29, 0.717) is 13.0 Å². The van der Waals surface area contributed by atoms with Crippen LogP contribution in [0.1, 0.15) is 29.6 Å². The molecular weight excluding hydrogens is 238 g/mol. The van der Waals surface area contributed by atoms with Crippen LogP contribution in [-0.4, -0.2) is 34.5 Å². The van der Waals surface area contributed by atoms with Gasteiger partial charge in [-0.15, -0.1) is 0 Å². The summed E-state index contributed by atoms with van der Waals surface area (Å²) in [7, 11) is 0. The quantitative estimate of drug-likeness (QED) is 0.836. The summed E-state index contributed by atoms with van der Waals surface area (Å²) in [6, 6.07) is 1.70. The molecule has 1 aliphatic rings. The highest BCUT2D eigenvalue weighted by Crippen LogP contribution is 2.19. The molecule has 1 atom stereocenters. The summed E-state index contributed by atoms with van der Waals surface area (Å²) in [6.45, 7) is 0.412. The molecular formula is C12H13NO5. The van der Waals surface area contributed by atoms with Crippen LogP contribution >= 0.6 is 0 Å². The highest BCUT2D eigenvalue weighted by atomic mass is 16.4. The Bertz CT molecular complexity index is 501. The predicted molar refractivity (Wildman–Crippen MR) is 61.3 cm³/mol. The number of likely N-dealkylation sites (tertiary alicyclic amines) is 1. The van der Waals surface area contributed by atoms with Crippen LogP contribution in [0.15, 0.2) is 27.6 Å². The first-order valence-electron chi connectivity index (χ1n) is 5.72. The van der Waals surface area contributed by atoms with Crippen molar-refractivity contribution in [3.05, 3.63) is 34.4 Å². The molecule has 2 heterocycles. The molecule has 1 aromatic heterocycles. The Morgan fingerprint density at radius 1 is 1.33 bits per heavy atom. The molecule has 1 amide bonds. The van der Waals surface area contributed by atoms with Gasteiger partial charge in [0.1, 0.15) is 12.3 Å². The highest BCUT2D eigenvalue weighted by Gasteiger charge is 2.32. The van der Waals surface area contributed by atoms with Crippen LogP contribution in [0.2, 0.25) is 0 Å². The zero-order valence-electron chi connectivity index (χ0n) is 9.67. The average molecular weight is 251 g/mol. The van der Waals surface area contributed by atoms with E-state index in [4.69, 9.17) is 5.11 Å². The number of carboxylic acid groups (broad SMARTS) is 1. The Morgan fingerprint density at radius 3 is 2.72 bits per heavy atom. The largest absolute Gasteiger partial charge is 0.480 e. The van der Waals surface area contributed by atoms with E-state index in [1.54, 1.807) is 0 Å². The van der Waals surface area contributed by atoms with Gasteiger partial charge in [-0.1, -0.05) is 0 Å². The summed E-state index contributed by atoms with van der Waals surface area (Å²) in [6.07, 6.45) is 3.10. The van der Waals surface area contributed by atoms with E-state index < -0.39 is 23.5 Å². The number of hydrogen-bond acceptors (Lipinski definition) is 4. The molecule has 2 rings (SSSR count). The molecule has 1 aromatic rings. The van der Waals surface area contributed by atoms with Gasteiger partial charge in [0.15, 0.2) is 0 Å². The fraction of sp³-hybridized carbons (Fsp3) is 0.417. The average Bonchev–Trinajstić information content (AvgIpc) is 2.39. The van der Waals surface area contributed by atoms with Gasteiger partial charge in [-0.2, -0.15) is 0 Å². The minimum atomic E-state index is -1.000. The van der Waals surface area contributed by atoms with Gasteiger partial charge >= 0.3 is 11.6 Å². The van der Waals surface area contributed by atoms with Gasteiger partial charge in [0.25, 0.3) is 5.91 Å². The van der Waals surface area contributed by atoms with Crippen molar-refractivity contribution in [1.82, 2.24) is 4.90 Å². The predicted octanol–water partition coefficient (Wildman–Crippen LogP) is 0.719. The lowest BCUT2D eigenvalue weighted by Gasteiger charge is -2.32. The number of hydrogen-bond donors (Lipinski definition) is 1. The maximum atomic E-state index is 12.1. The molecule has 0 aromatic carbocycles. The van der Waals surface area contributed by atoms with Crippen LogP contribution in [-0.2, 0) is 4.79 Å². The molecule has 96 valence electrons. The lowest BCUT2D eigenvalue weighted by molar-refractivity contribution is -0.143. The van der Waals surface area contributed by atoms with Crippen LogP contribution in [0.4, 0.5) is 0 Å². The van der Waals surface area contributed by atoms with Crippen LogP contribution in [0, 0.1) is 0 Å². The number of carbonyl (C=O) groups excluding carboxylic acids is 1. The Hall–Kier alpha value is -2.11. The van der Waals surface area contributed by atoms with Gasteiger partial charge < -0.3 is 14.4 Å². The normalized spacial score (nSPS) is 19.6. The first kappa shape index (κ1) is 12.3. The van der Waals surface area contributed by atoms with Crippen molar-refractivity contribution in [3.8, 4) is 0 Å². The molecule has 0 bridgehead atoms. The Labute approximate surface area is 103 Å². The fourth-order valence-corrected chi connectivity index (χ4v) is 2.08. The summed E-state index contributed by atoms with van der Waals surface area (Å²) in [5.41, 5.74) is -0.345. The SMILES string of the molecule is O=C(O)[C@@H]1CCCCN1C(=O)c1ccc(=O)oc1. The van der Waals surface area contributed by atoms with Crippen molar-refractivity contribution in [2.24, 2.45) is 0 Å². The number of carbonyl (C=O) groups is 2. The third kappa shape index (κ3) is 2.42. The third-order valence-electron chi connectivity index (χ3n) is 3.00. The van der Waals surface area contributed by atoms with Gasteiger partial charge in [0.05, 0.1) is 5.56 Å². The topological polar surface area (TPSA) is 87.8 Å². The van der Waals surface area contributed by atoms with Crippen LogP contribution < -0.4 is 5.63 Å². The summed E-state index contributed by atoms with van der Waals surface area (Å²) < 4.78 is 4.62. The summed E-state index contributed by atoms with van der Waals surface area (Å²) in [4.78, 5) is 35.3. The van der Waals surface area contributed by atoms with Crippen molar-refractivity contribution >= 4 is 11.9 Å². The fourth-order valence-electron chi connectivity index (χ4n) is 2.08. The molecule has 18 heavy (non-hydrogen) atoms. The summed E-state index contributed by atoms with van der Waals surface area (Å²) in [5.74, 6) is -1.41. The van der Waals surface area contributed by atoms with Gasteiger partial charge in [-0.05, 0) is 25.3 Å². The maximum Gasteiger partial charge on any atom is 0.335 e. The van der Waals surface area contributed by atoms with Crippen molar-refractivity contribution in [2.75, 3.05) is 6.54 Å². The lowest BCUT2D eigenvalue weighted by Crippen LogP contribution is -2.48. The highest BCUT2D eigenvalue weighted by molar-refractivity contribution is 5.96. The Balaban J connectivity index is 2.23. The van der Waals surface area contributed by atoms with E-state index in [0.717, 1.165) is 25.2 Å². The molecule has 0 aliphatic carbocycles. The summed E-state index contributed by atoms with van der Waals surface area (Å²) >= 11 is 0. The van der Waals surface area contributed by atoms with E-state index >= 15 is 0 Å². The zero-order chi connectivity index (χ0) is 13.1.